The highest BCUT2D eigenvalue weighted by Crippen LogP contribution is 2.23. The normalized spacial score (nSPS) is 14.8. The van der Waals surface area contributed by atoms with Crippen molar-refractivity contribution in [2.24, 2.45) is 0 Å². The van der Waals surface area contributed by atoms with Crippen molar-refractivity contribution in [3.63, 3.8) is 0 Å². The molecule has 0 aromatic carbocycles. The van der Waals surface area contributed by atoms with Gasteiger partial charge in [0, 0.05) is 0 Å². The molecule has 0 nitrogen and oxygen atoms in total. The van der Waals surface area contributed by atoms with Crippen molar-refractivity contribution in [1.82, 2.24) is 0 Å². The van der Waals surface area contributed by atoms with Crippen LogP contribution in [0.15, 0.2) is 47.6 Å². The maximum Gasteiger partial charge on any atom is -0.0164 e. The van der Waals surface area contributed by atoms with Gasteiger partial charge in [-0.15, -0.1) is 0 Å². The number of rotatable bonds is 5. The van der Waals surface area contributed by atoms with Crippen LogP contribution in [0.5, 0.6) is 0 Å². The molecule has 1 fully saturated rings. The fourth-order valence-electron chi connectivity index (χ4n) is 2.10. The summed E-state index contributed by atoms with van der Waals surface area (Å²) in [7, 11) is 0. The molecule has 0 saturated heterocycles. The van der Waals surface area contributed by atoms with E-state index in [1.54, 1.807) is 5.57 Å². The third kappa shape index (κ3) is 16.9. The molecule has 0 amide bonds. The lowest BCUT2D eigenvalue weighted by atomic mass is 10.2. The van der Waals surface area contributed by atoms with Gasteiger partial charge in [0.15, 0.2) is 0 Å². The fraction of sp³-hybridized carbons (Fsp3) is 0.619. The fourth-order valence-corrected chi connectivity index (χ4v) is 2.10. The van der Waals surface area contributed by atoms with Gasteiger partial charge >= 0.3 is 0 Å². The molecule has 0 N–H and O–H groups in total. The van der Waals surface area contributed by atoms with Crippen molar-refractivity contribution < 1.29 is 0 Å². The van der Waals surface area contributed by atoms with E-state index in [0.717, 1.165) is 6.42 Å². The minimum atomic E-state index is 1.05. The number of unbranched alkanes of at least 4 members (excludes halogenated alkanes) is 1. The van der Waals surface area contributed by atoms with E-state index < -0.39 is 0 Å². The number of hydrogen-bond acceptors (Lipinski definition) is 0. The average molecular weight is 291 g/mol. The summed E-state index contributed by atoms with van der Waals surface area (Å²) in [5.41, 5.74) is 3.05. The Hall–Kier alpha value is -1.04. The predicted octanol–water partition coefficient (Wildman–Crippen LogP) is 7.79. The van der Waals surface area contributed by atoms with Crippen molar-refractivity contribution in [2.45, 2.75) is 86.5 Å². The maximum absolute atomic E-state index is 2.44. The Balaban J connectivity index is 0. The smallest absolute Gasteiger partial charge is 0.0164 e. The van der Waals surface area contributed by atoms with Crippen LogP contribution in [0, 0.1) is 0 Å². The molecule has 1 aliphatic rings. The summed E-state index contributed by atoms with van der Waals surface area (Å²) in [5.74, 6) is 0. The first-order valence-electron chi connectivity index (χ1n) is 8.83. The minimum absolute atomic E-state index is 1.05. The molecular formula is C21H38. The molecule has 21 heavy (non-hydrogen) atoms. The molecule has 0 spiro atoms. The highest BCUT2D eigenvalue weighted by atomic mass is 14.1. The van der Waals surface area contributed by atoms with Gasteiger partial charge in [-0.2, -0.15) is 0 Å². The van der Waals surface area contributed by atoms with Crippen LogP contribution in [-0.4, -0.2) is 0 Å². The molecule has 0 aromatic rings. The Labute approximate surface area is 134 Å². The second kappa shape index (κ2) is 19.0. The summed E-state index contributed by atoms with van der Waals surface area (Å²) in [4.78, 5) is 0. The molecule has 1 rings (SSSR count). The topological polar surface area (TPSA) is 0 Å². The molecule has 1 saturated carbocycles. The lowest BCUT2D eigenvalue weighted by molar-refractivity contribution is 0.886. The van der Waals surface area contributed by atoms with E-state index >= 15 is 0 Å². The molecule has 0 unspecified atom stereocenters. The zero-order valence-corrected chi connectivity index (χ0v) is 15.4. The molecule has 1 aliphatic carbocycles. The Morgan fingerprint density at radius 2 is 1.67 bits per heavy atom. The molecule has 0 bridgehead atoms. The first kappa shape index (κ1) is 22.2. The van der Waals surface area contributed by atoms with E-state index in [-0.39, 0.29) is 0 Å². The summed E-state index contributed by atoms with van der Waals surface area (Å²) in [6.07, 6.45) is 22.3. The van der Waals surface area contributed by atoms with Crippen LogP contribution in [0.4, 0.5) is 0 Å². The third-order valence-electron chi connectivity index (χ3n) is 3.21. The van der Waals surface area contributed by atoms with Crippen molar-refractivity contribution in [3.8, 4) is 0 Å². The summed E-state index contributed by atoms with van der Waals surface area (Å²) in [5, 5.41) is 0. The second-order valence-corrected chi connectivity index (χ2v) is 5.11. The lowest BCUT2D eigenvalue weighted by Gasteiger charge is -1.91. The van der Waals surface area contributed by atoms with Crippen LogP contribution in [0.2, 0.25) is 0 Å². The number of allylic oxidation sites excluding steroid dienone is 8. The maximum atomic E-state index is 2.44. The standard InChI is InChI=1S/C10H16.C9H16.C2H6/c1-4-6-7-9-10(3)8-5-2;1-2-3-6-9-7-4-5-8-9;1-2/h4-6,8-9H,7H2,1-3H3;6H,2-5,7-8H2,1H3;1-2H3/b6-4+,8-5-,10-9-;;. The molecule has 122 valence electrons. The van der Waals surface area contributed by atoms with Gasteiger partial charge in [-0.05, 0) is 59.3 Å². The Morgan fingerprint density at radius 3 is 2.14 bits per heavy atom. The van der Waals surface area contributed by atoms with Gasteiger partial charge in [0.25, 0.3) is 0 Å². The van der Waals surface area contributed by atoms with Crippen LogP contribution >= 0.6 is 0 Å². The summed E-state index contributed by atoms with van der Waals surface area (Å²) in [6, 6.07) is 0. The van der Waals surface area contributed by atoms with Crippen molar-refractivity contribution in [3.05, 3.63) is 47.6 Å². The molecular weight excluding hydrogens is 252 g/mol. The molecule has 0 aliphatic heterocycles. The summed E-state index contributed by atoms with van der Waals surface area (Å²) >= 11 is 0. The van der Waals surface area contributed by atoms with Crippen LogP contribution in [-0.2, 0) is 0 Å². The van der Waals surface area contributed by atoms with Crippen LogP contribution in [0.25, 0.3) is 0 Å². The summed E-state index contributed by atoms with van der Waals surface area (Å²) in [6.45, 7) is 12.4. The van der Waals surface area contributed by atoms with Crippen molar-refractivity contribution >= 4 is 0 Å². The second-order valence-electron chi connectivity index (χ2n) is 5.11. The molecule has 0 heteroatoms. The molecule has 0 radical (unpaired) electrons. The Bertz CT molecular complexity index is 305. The highest BCUT2D eigenvalue weighted by molar-refractivity contribution is 5.16. The van der Waals surface area contributed by atoms with Crippen LogP contribution in [0.1, 0.15) is 86.5 Å². The van der Waals surface area contributed by atoms with Gasteiger partial charge in [-0.3, -0.25) is 0 Å². The van der Waals surface area contributed by atoms with Gasteiger partial charge in [0.1, 0.15) is 0 Å². The SMILES string of the molecule is C/C=C\C(C)=C/C/C=C/C.CC.CCCC=C1CCCC1. The molecule has 0 aromatic heterocycles. The number of hydrogen-bond donors (Lipinski definition) is 0. The monoisotopic (exact) mass is 290 g/mol. The first-order valence-corrected chi connectivity index (χ1v) is 8.83. The third-order valence-corrected chi connectivity index (χ3v) is 3.21. The molecule has 0 heterocycles. The lowest BCUT2D eigenvalue weighted by Crippen LogP contribution is -1.71. The van der Waals surface area contributed by atoms with Gasteiger partial charge in [-0.25, -0.2) is 0 Å². The average Bonchev–Trinajstić information content (AvgIpc) is 3.02. The minimum Gasteiger partial charge on any atom is -0.0914 e. The zero-order chi connectivity index (χ0) is 16.3. The Kier molecular flexibility index (Phi) is 20.1. The van der Waals surface area contributed by atoms with E-state index in [1.807, 2.05) is 27.7 Å². The van der Waals surface area contributed by atoms with Crippen molar-refractivity contribution in [1.29, 1.82) is 0 Å². The summed E-state index contributed by atoms with van der Waals surface area (Å²) < 4.78 is 0. The van der Waals surface area contributed by atoms with E-state index in [0.29, 0.717) is 0 Å². The quantitative estimate of drug-likeness (QED) is 0.358. The highest BCUT2D eigenvalue weighted by Gasteiger charge is 2.04. The molecule has 0 atom stereocenters. The van der Waals surface area contributed by atoms with Gasteiger partial charge in [0.05, 0.1) is 0 Å². The van der Waals surface area contributed by atoms with E-state index in [9.17, 15) is 0 Å². The predicted molar refractivity (Wildman–Crippen MR) is 101 cm³/mol. The first-order chi connectivity index (χ1) is 10.2. The van der Waals surface area contributed by atoms with Crippen LogP contribution < -0.4 is 0 Å². The van der Waals surface area contributed by atoms with Gasteiger partial charge in [-0.1, -0.05) is 74.8 Å². The van der Waals surface area contributed by atoms with Crippen molar-refractivity contribution in [2.75, 3.05) is 0 Å². The largest absolute Gasteiger partial charge is 0.0914 e. The Morgan fingerprint density at radius 1 is 1.05 bits per heavy atom. The van der Waals surface area contributed by atoms with Crippen LogP contribution in [0.3, 0.4) is 0 Å². The van der Waals surface area contributed by atoms with Gasteiger partial charge in [0.2, 0.25) is 0 Å². The zero-order valence-electron chi connectivity index (χ0n) is 15.4. The van der Waals surface area contributed by atoms with E-state index in [2.05, 4.69) is 50.3 Å². The van der Waals surface area contributed by atoms with Gasteiger partial charge < -0.3 is 0 Å². The van der Waals surface area contributed by atoms with E-state index in [1.165, 1.54) is 44.1 Å². The van der Waals surface area contributed by atoms with E-state index in [4.69, 9.17) is 0 Å².